The molecule has 1 fully saturated rings. The third-order valence-electron chi connectivity index (χ3n) is 3.24. The van der Waals surface area contributed by atoms with E-state index in [0.29, 0.717) is 29.0 Å². The van der Waals surface area contributed by atoms with E-state index >= 15 is 0 Å². The molecule has 4 N–H and O–H groups in total. The van der Waals surface area contributed by atoms with Crippen molar-refractivity contribution in [3.8, 4) is 5.75 Å². The average Bonchev–Trinajstić information content (AvgIpc) is 2.76. The lowest BCUT2D eigenvalue weighted by Gasteiger charge is -2.24. The highest BCUT2D eigenvalue weighted by Gasteiger charge is 2.24. The minimum Gasteiger partial charge on any atom is -0.492 e. The molecule has 1 aliphatic rings. The van der Waals surface area contributed by atoms with E-state index in [1.54, 1.807) is 14.0 Å². The number of nitrogens with one attached hydrogen (secondary N) is 2. The van der Waals surface area contributed by atoms with Gasteiger partial charge in [-0.15, -0.1) is 11.3 Å². The second kappa shape index (κ2) is 6.81. The molecule has 2 heterocycles. The molecule has 0 radical (unpaired) electrons. The highest BCUT2D eigenvalue weighted by Crippen LogP contribution is 2.43. The lowest BCUT2D eigenvalue weighted by molar-refractivity contribution is 0.0533. The van der Waals surface area contributed by atoms with Gasteiger partial charge in [0.05, 0.1) is 13.7 Å². The Hall–Kier alpha value is -1.47. The van der Waals surface area contributed by atoms with Crippen molar-refractivity contribution in [2.24, 2.45) is 0 Å². The normalized spacial score (nSPS) is 15.9. The molecule has 1 aromatic heterocycles. The van der Waals surface area contributed by atoms with Crippen LogP contribution >= 0.6 is 11.3 Å². The first kappa shape index (κ1) is 14.9. The van der Waals surface area contributed by atoms with Gasteiger partial charge in [0.1, 0.15) is 15.6 Å². The maximum absolute atomic E-state index is 11.9. The number of carbonyl (C=O) groups excluding carboxylic acids is 1. The monoisotopic (exact) mass is 299 g/mol. The van der Waals surface area contributed by atoms with Crippen LogP contribution in [0.4, 0.5) is 10.7 Å². The first-order valence-electron chi connectivity index (χ1n) is 6.78. The van der Waals surface area contributed by atoms with Gasteiger partial charge in [-0.3, -0.25) is 0 Å². The van der Waals surface area contributed by atoms with E-state index < -0.39 is 5.97 Å². The summed E-state index contributed by atoms with van der Waals surface area (Å²) in [5.74, 6) is 0.142. The second-order valence-electron chi connectivity index (χ2n) is 4.60. The van der Waals surface area contributed by atoms with E-state index in [2.05, 4.69) is 10.6 Å². The number of nitrogen functional groups attached to an aromatic ring is 1. The Balaban J connectivity index is 2.18. The van der Waals surface area contributed by atoms with Crippen LogP contribution in [0.5, 0.6) is 5.75 Å². The minimum absolute atomic E-state index is 0.329. The summed E-state index contributed by atoms with van der Waals surface area (Å²) in [6, 6.07) is 0.373. The number of ether oxygens (including phenoxy) is 2. The van der Waals surface area contributed by atoms with Gasteiger partial charge in [-0.05, 0) is 32.9 Å². The van der Waals surface area contributed by atoms with E-state index in [-0.39, 0.29) is 0 Å². The maximum Gasteiger partial charge on any atom is 0.350 e. The molecule has 0 spiro atoms. The van der Waals surface area contributed by atoms with Gasteiger partial charge in [0.2, 0.25) is 0 Å². The summed E-state index contributed by atoms with van der Waals surface area (Å²) in [5.41, 5.74) is 6.34. The van der Waals surface area contributed by atoms with Gasteiger partial charge in [-0.25, -0.2) is 4.79 Å². The van der Waals surface area contributed by atoms with Crippen molar-refractivity contribution >= 4 is 28.0 Å². The number of hydrogen-bond acceptors (Lipinski definition) is 7. The van der Waals surface area contributed by atoms with Crippen LogP contribution in [-0.4, -0.2) is 38.8 Å². The van der Waals surface area contributed by atoms with Crippen LogP contribution in [0.1, 0.15) is 29.4 Å². The Bertz CT molecular complexity index is 470. The number of anilines is 2. The fourth-order valence-corrected chi connectivity index (χ4v) is 3.29. The molecule has 0 saturated carbocycles. The molecule has 2 rings (SSSR count). The van der Waals surface area contributed by atoms with Gasteiger partial charge in [-0.1, -0.05) is 0 Å². The average molecular weight is 299 g/mol. The SMILES string of the molecule is CCOC(=O)c1sc(NC2CCNCC2)c(OC)c1N. The first-order chi connectivity index (χ1) is 9.67. The van der Waals surface area contributed by atoms with Crippen LogP contribution in [0, 0.1) is 0 Å². The fourth-order valence-electron chi connectivity index (χ4n) is 2.23. The number of rotatable bonds is 5. The highest BCUT2D eigenvalue weighted by atomic mass is 32.1. The van der Waals surface area contributed by atoms with E-state index in [1.165, 1.54) is 11.3 Å². The zero-order valence-electron chi connectivity index (χ0n) is 11.8. The molecule has 0 bridgehead atoms. The van der Waals surface area contributed by atoms with Crippen LogP contribution in [0.15, 0.2) is 0 Å². The minimum atomic E-state index is -0.397. The van der Waals surface area contributed by atoms with Gasteiger partial charge in [0, 0.05) is 6.04 Å². The fraction of sp³-hybridized carbons (Fsp3) is 0.615. The van der Waals surface area contributed by atoms with Crippen LogP contribution in [0.2, 0.25) is 0 Å². The Labute approximate surface area is 122 Å². The summed E-state index contributed by atoms with van der Waals surface area (Å²) in [5, 5.41) is 7.54. The number of hydrogen-bond donors (Lipinski definition) is 3. The van der Waals surface area contributed by atoms with Gasteiger partial charge in [0.25, 0.3) is 0 Å². The quantitative estimate of drug-likeness (QED) is 0.717. The summed E-state index contributed by atoms with van der Waals surface area (Å²) < 4.78 is 10.3. The molecule has 0 aliphatic carbocycles. The Morgan fingerprint density at radius 3 is 2.80 bits per heavy atom. The zero-order valence-corrected chi connectivity index (χ0v) is 12.6. The smallest absolute Gasteiger partial charge is 0.350 e. The van der Waals surface area contributed by atoms with Crippen molar-refractivity contribution in [3.63, 3.8) is 0 Å². The number of esters is 1. The van der Waals surface area contributed by atoms with Gasteiger partial charge in [0.15, 0.2) is 5.75 Å². The van der Waals surface area contributed by atoms with Gasteiger partial charge in [-0.2, -0.15) is 0 Å². The van der Waals surface area contributed by atoms with E-state index in [1.807, 2.05) is 0 Å². The Morgan fingerprint density at radius 2 is 2.20 bits per heavy atom. The van der Waals surface area contributed by atoms with Crippen molar-refractivity contribution in [3.05, 3.63) is 4.88 Å². The maximum atomic E-state index is 11.9. The zero-order chi connectivity index (χ0) is 14.5. The third-order valence-corrected chi connectivity index (χ3v) is 4.34. The van der Waals surface area contributed by atoms with E-state index in [0.717, 1.165) is 30.9 Å². The first-order valence-corrected chi connectivity index (χ1v) is 7.59. The lowest BCUT2D eigenvalue weighted by atomic mass is 10.1. The van der Waals surface area contributed by atoms with Gasteiger partial charge < -0.3 is 25.8 Å². The Morgan fingerprint density at radius 1 is 1.50 bits per heavy atom. The van der Waals surface area contributed by atoms with Crippen molar-refractivity contribution in [1.29, 1.82) is 0 Å². The molecule has 0 unspecified atom stereocenters. The largest absolute Gasteiger partial charge is 0.492 e. The number of thiophene rings is 1. The lowest BCUT2D eigenvalue weighted by Crippen LogP contribution is -2.35. The van der Waals surface area contributed by atoms with Crippen LogP contribution < -0.4 is 21.1 Å². The predicted molar refractivity (Wildman–Crippen MR) is 80.8 cm³/mol. The summed E-state index contributed by atoms with van der Waals surface area (Å²) in [6.45, 7) is 4.08. The molecule has 1 aliphatic heterocycles. The molecule has 0 amide bonds. The summed E-state index contributed by atoms with van der Waals surface area (Å²) >= 11 is 1.30. The van der Waals surface area contributed by atoms with Crippen LogP contribution in [0.3, 0.4) is 0 Å². The molecule has 0 aromatic carbocycles. The summed E-state index contributed by atoms with van der Waals surface area (Å²) in [4.78, 5) is 12.3. The van der Waals surface area contributed by atoms with Gasteiger partial charge >= 0.3 is 5.97 Å². The molecule has 1 aromatic rings. The number of methoxy groups -OCH3 is 1. The third kappa shape index (κ3) is 3.16. The second-order valence-corrected chi connectivity index (χ2v) is 5.62. The van der Waals surface area contributed by atoms with Crippen LogP contribution in [-0.2, 0) is 4.74 Å². The molecule has 7 heteroatoms. The predicted octanol–water partition coefficient (Wildman–Crippen LogP) is 1.68. The number of piperidine rings is 1. The molecule has 112 valence electrons. The van der Waals surface area contributed by atoms with Crippen molar-refractivity contribution in [2.75, 3.05) is 37.9 Å². The molecule has 0 atom stereocenters. The summed E-state index contributed by atoms with van der Waals surface area (Å²) in [6.07, 6.45) is 2.07. The number of nitrogens with two attached hydrogens (primary N) is 1. The number of carbonyl (C=O) groups is 1. The van der Waals surface area contributed by atoms with Crippen LogP contribution in [0.25, 0.3) is 0 Å². The summed E-state index contributed by atoms with van der Waals surface area (Å²) in [7, 11) is 1.56. The topological polar surface area (TPSA) is 85.6 Å². The van der Waals surface area contributed by atoms with E-state index in [9.17, 15) is 4.79 Å². The highest BCUT2D eigenvalue weighted by molar-refractivity contribution is 7.19. The van der Waals surface area contributed by atoms with E-state index in [4.69, 9.17) is 15.2 Å². The van der Waals surface area contributed by atoms with Crippen molar-refractivity contribution in [2.45, 2.75) is 25.8 Å². The standard InChI is InChI=1S/C13H21N3O3S/c1-3-19-13(17)11-9(14)10(18-2)12(20-11)16-8-4-6-15-7-5-8/h8,15-16H,3-7,14H2,1-2H3. The Kier molecular flexibility index (Phi) is 5.08. The molecule has 6 nitrogen and oxygen atoms in total. The molecular formula is C13H21N3O3S. The molecular weight excluding hydrogens is 278 g/mol. The van der Waals surface area contributed by atoms with Crippen molar-refractivity contribution in [1.82, 2.24) is 5.32 Å². The molecule has 1 saturated heterocycles. The molecule has 20 heavy (non-hydrogen) atoms. The van der Waals surface area contributed by atoms with Crippen molar-refractivity contribution < 1.29 is 14.3 Å².